The molecule has 0 radical (unpaired) electrons. The van der Waals surface area contributed by atoms with Crippen molar-refractivity contribution in [2.24, 2.45) is 7.05 Å². The van der Waals surface area contributed by atoms with Crippen LogP contribution in [0.4, 0.5) is 10.6 Å². The second kappa shape index (κ2) is 8.50. The van der Waals surface area contributed by atoms with Gasteiger partial charge >= 0.3 is 6.03 Å². The summed E-state index contributed by atoms with van der Waals surface area (Å²) < 4.78 is 1.87. The zero-order valence-electron chi connectivity index (χ0n) is 14.7. The lowest BCUT2D eigenvalue weighted by molar-refractivity contribution is 0.148. The van der Waals surface area contributed by atoms with Gasteiger partial charge in [0.2, 0.25) is 0 Å². The number of nitrogens with one attached hydrogen (secondary N) is 2. The zero-order valence-corrected chi connectivity index (χ0v) is 14.7. The molecule has 0 unspecified atom stereocenters. The summed E-state index contributed by atoms with van der Waals surface area (Å²) in [5.41, 5.74) is 1.10. The van der Waals surface area contributed by atoms with Gasteiger partial charge in [0, 0.05) is 39.1 Å². The van der Waals surface area contributed by atoms with E-state index in [0.717, 1.165) is 50.3 Å². The van der Waals surface area contributed by atoms with Gasteiger partial charge in [-0.15, -0.1) is 0 Å². The third-order valence-corrected chi connectivity index (χ3v) is 4.56. The molecule has 2 aromatic rings. The quantitative estimate of drug-likeness (QED) is 0.791. The van der Waals surface area contributed by atoms with E-state index in [9.17, 15) is 4.79 Å². The number of carbonyl (C=O) groups excluding carboxylic acids is 1. The highest BCUT2D eigenvalue weighted by atomic mass is 16.2. The molecule has 0 saturated carbocycles. The maximum absolute atomic E-state index is 12.6. The summed E-state index contributed by atoms with van der Waals surface area (Å²) in [6.07, 6.45) is 7.61. The first kappa shape index (κ1) is 17.3. The topological polar surface area (TPSA) is 75.1 Å². The number of rotatable bonds is 6. The SMILES string of the molecule is Cn1nccc1[C@H]1CCCCN1C(=O)NCCCNc1ccccn1. The average Bonchev–Trinajstić information content (AvgIpc) is 3.08. The van der Waals surface area contributed by atoms with Gasteiger partial charge in [-0.05, 0) is 43.9 Å². The van der Waals surface area contributed by atoms with Crippen molar-refractivity contribution in [1.29, 1.82) is 0 Å². The fraction of sp³-hybridized carbons (Fsp3) is 0.500. The van der Waals surface area contributed by atoms with Crippen molar-refractivity contribution in [1.82, 2.24) is 25.0 Å². The standard InChI is InChI=1S/C18H26N6O/c1-23-15(9-13-22-23)16-7-3-5-14-24(16)18(25)21-12-6-11-20-17-8-2-4-10-19-17/h2,4,8-10,13,16H,3,5-7,11-12,14H2,1H3,(H,19,20)(H,21,25)/t16-/m1/s1. The summed E-state index contributed by atoms with van der Waals surface area (Å²) in [7, 11) is 1.93. The summed E-state index contributed by atoms with van der Waals surface area (Å²) in [6.45, 7) is 2.23. The summed E-state index contributed by atoms with van der Waals surface area (Å²) in [6, 6.07) is 7.92. The first-order valence-corrected chi connectivity index (χ1v) is 8.93. The van der Waals surface area contributed by atoms with Gasteiger partial charge in [-0.3, -0.25) is 4.68 Å². The molecule has 2 N–H and O–H groups in total. The van der Waals surface area contributed by atoms with Gasteiger partial charge in [0.1, 0.15) is 5.82 Å². The third kappa shape index (κ3) is 4.49. The second-order valence-electron chi connectivity index (χ2n) is 6.31. The molecule has 2 amide bonds. The van der Waals surface area contributed by atoms with Gasteiger partial charge in [0.15, 0.2) is 0 Å². The first-order valence-electron chi connectivity index (χ1n) is 8.93. The summed E-state index contributed by atoms with van der Waals surface area (Å²) in [5.74, 6) is 0.862. The molecular weight excluding hydrogens is 316 g/mol. The average molecular weight is 342 g/mol. The molecular formula is C18H26N6O. The van der Waals surface area contributed by atoms with E-state index in [1.807, 2.05) is 40.9 Å². The lowest BCUT2D eigenvalue weighted by Crippen LogP contribution is -2.45. The van der Waals surface area contributed by atoms with E-state index in [4.69, 9.17) is 0 Å². The molecule has 3 heterocycles. The molecule has 0 aliphatic carbocycles. The van der Waals surface area contributed by atoms with Crippen molar-refractivity contribution < 1.29 is 4.79 Å². The van der Waals surface area contributed by atoms with Gasteiger partial charge in [-0.25, -0.2) is 9.78 Å². The predicted octanol–water partition coefficient (Wildman–Crippen LogP) is 2.55. The smallest absolute Gasteiger partial charge is 0.317 e. The Morgan fingerprint density at radius 3 is 2.92 bits per heavy atom. The molecule has 1 aliphatic rings. The minimum Gasteiger partial charge on any atom is -0.370 e. The number of urea groups is 1. The minimum atomic E-state index is 0.0173. The van der Waals surface area contributed by atoms with Crippen molar-refractivity contribution in [3.63, 3.8) is 0 Å². The van der Waals surface area contributed by atoms with Gasteiger partial charge in [-0.2, -0.15) is 5.10 Å². The lowest BCUT2D eigenvalue weighted by Gasteiger charge is -2.35. The van der Waals surface area contributed by atoms with E-state index >= 15 is 0 Å². The number of piperidine rings is 1. The first-order chi connectivity index (χ1) is 12.3. The highest BCUT2D eigenvalue weighted by Crippen LogP contribution is 2.30. The molecule has 134 valence electrons. The van der Waals surface area contributed by atoms with Crippen LogP contribution in [0.25, 0.3) is 0 Å². The van der Waals surface area contributed by atoms with E-state index in [1.54, 1.807) is 12.4 Å². The Labute approximate surface area is 148 Å². The molecule has 7 nitrogen and oxygen atoms in total. The molecule has 0 aromatic carbocycles. The van der Waals surface area contributed by atoms with Crippen LogP contribution in [0, 0.1) is 0 Å². The van der Waals surface area contributed by atoms with Crippen molar-refractivity contribution >= 4 is 11.8 Å². The van der Waals surface area contributed by atoms with Crippen LogP contribution in [0.1, 0.15) is 37.4 Å². The monoisotopic (exact) mass is 342 g/mol. The Kier molecular flexibility index (Phi) is 5.87. The fourth-order valence-electron chi connectivity index (χ4n) is 3.26. The molecule has 2 aromatic heterocycles. The number of carbonyl (C=O) groups is 1. The Morgan fingerprint density at radius 2 is 2.16 bits per heavy atom. The van der Waals surface area contributed by atoms with Crippen LogP contribution in [-0.4, -0.2) is 45.3 Å². The summed E-state index contributed by atoms with van der Waals surface area (Å²) >= 11 is 0. The van der Waals surface area contributed by atoms with E-state index in [0.29, 0.717) is 6.54 Å². The second-order valence-corrected chi connectivity index (χ2v) is 6.31. The van der Waals surface area contributed by atoms with Crippen LogP contribution in [0.15, 0.2) is 36.7 Å². The number of aryl methyl sites for hydroxylation is 1. The number of nitrogens with zero attached hydrogens (tertiary/aromatic N) is 4. The van der Waals surface area contributed by atoms with Gasteiger partial charge in [-0.1, -0.05) is 6.07 Å². The molecule has 0 spiro atoms. The van der Waals surface area contributed by atoms with Crippen LogP contribution >= 0.6 is 0 Å². The van der Waals surface area contributed by atoms with Crippen LogP contribution in [0.2, 0.25) is 0 Å². The highest BCUT2D eigenvalue weighted by molar-refractivity contribution is 5.74. The normalized spacial score (nSPS) is 17.3. The zero-order chi connectivity index (χ0) is 17.5. The van der Waals surface area contributed by atoms with Gasteiger partial charge < -0.3 is 15.5 Å². The lowest BCUT2D eigenvalue weighted by atomic mass is 10.00. The molecule has 1 saturated heterocycles. The predicted molar refractivity (Wildman–Crippen MR) is 97.2 cm³/mol. The van der Waals surface area contributed by atoms with Crippen molar-refractivity contribution in [2.45, 2.75) is 31.7 Å². The number of likely N-dealkylation sites (tertiary alicyclic amines) is 1. The largest absolute Gasteiger partial charge is 0.370 e. The number of hydrogen-bond donors (Lipinski definition) is 2. The van der Waals surface area contributed by atoms with Gasteiger partial charge in [0.05, 0.1) is 11.7 Å². The summed E-state index contributed by atoms with van der Waals surface area (Å²) in [5, 5.41) is 10.5. The maximum Gasteiger partial charge on any atom is 0.317 e. The fourth-order valence-corrected chi connectivity index (χ4v) is 3.26. The van der Waals surface area contributed by atoms with Crippen LogP contribution in [0.5, 0.6) is 0 Å². The number of amides is 2. The number of aromatic nitrogens is 3. The van der Waals surface area contributed by atoms with Crippen LogP contribution in [0.3, 0.4) is 0 Å². The molecule has 0 bridgehead atoms. The molecule has 1 atom stereocenters. The molecule has 7 heteroatoms. The van der Waals surface area contributed by atoms with Crippen LogP contribution < -0.4 is 10.6 Å². The Balaban J connectivity index is 1.45. The maximum atomic E-state index is 12.6. The Bertz CT molecular complexity index is 671. The molecule has 3 rings (SSSR count). The molecule has 1 fully saturated rings. The number of pyridine rings is 1. The highest BCUT2D eigenvalue weighted by Gasteiger charge is 2.29. The van der Waals surface area contributed by atoms with Gasteiger partial charge in [0.25, 0.3) is 0 Å². The van der Waals surface area contributed by atoms with Crippen molar-refractivity contribution in [3.8, 4) is 0 Å². The van der Waals surface area contributed by atoms with Crippen molar-refractivity contribution in [3.05, 3.63) is 42.4 Å². The third-order valence-electron chi connectivity index (χ3n) is 4.56. The van der Waals surface area contributed by atoms with Crippen LogP contribution in [-0.2, 0) is 7.05 Å². The van der Waals surface area contributed by atoms with E-state index in [2.05, 4.69) is 20.7 Å². The molecule has 1 aliphatic heterocycles. The van der Waals surface area contributed by atoms with E-state index in [1.165, 1.54) is 0 Å². The number of anilines is 1. The Morgan fingerprint density at radius 1 is 1.24 bits per heavy atom. The Hall–Kier alpha value is -2.57. The summed E-state index contributed by atoms with van der Waals surface area (Å²) in [4.78, 5) is 18.8. The molecule has 25 heavy (non-hydrogen) atoms. The van der Waals surface area contributed by atoms with E-state index in [-0.39, 0.29) is 12.1 Å². The van der Waals surface area contributed by atoms with E-state index < -0.39 is 0 Å². The minimum absolute atomic E-state index is 0.0173. The number of hydrogen-bond acceptors (Lipinski definition) is 4. The van der Waals surface area contributed by atoms with Crippen molar-refractivity contribution in [2.75, 3.05) is 25.0 Å².